The maximum Gasteiger partial charge on any atom is 0.416 e. The van der Waals surface area contributed by atoms with Crippen LogP contribution in [0.5, 0.6) is 0 Å². The Balaban J connectivity index is 0. The number of urea groups is 1. The Morgan fingerprint density at radius 1 is 1.18 bits per heavy atom. The van der Waals surface area contributed by atoms with Gasteiger partial charge in [0.1, 0.15) is 5.82 Å². The van der Waals surface area contributed by atoms with Crippen LogP contribution in [0.3, 0.4) is 0 Å². The summed E-state index contributed by atoms with van der Waals surface area (Å²) in [6.07, 6.45) is -3.50. The maximum absolute atomic E-state index is 12.6. The molecule has 0 aliphatic heterocycles. The second kappa shape index (κ2) is 9.36. The number of hydrogen-bond acceptors (Lipinski definition) is 5. The van der Waals surface area contributed by atoms with Crippen LogP contribution in [0.4, 0.5) is 35.4 Å². The molecule has 0 aliphatic carbocycles. The van der Waals surface area contributed by atoms with Gasteiger partial charge in [-0.15, -0.1) is 0 Å². The second-order valence-corrected chi connectivity index (χ2v) is 6.22. The van der Waals surface area contributed by atoms with Crippen LogP contribution in [0, 0.1) is 6.92 Å². The summed E-state index contributed by atoms with van der Waals surface area (Å²) in [7, 11) is 3.77. The van der Waals surface area contributed by atoms with Gasteiger partial charge in [0.05, 0.1) is 5.56 Å². The molecule has 0 saturated carbocycles. The van der Waals surface area contributed by atoms with Crippen LogP contribution in [0.25, 0.3) is 0 Å². The average Bonchev–Trinajstić information content (AvgIpc) is 2.61. The molecule has 0 fully saturated rings. The van der Waals surface area contributed by atoms with Crippen molar-refractivity contribution >= 4 is 23.5 Å². The minimum atomic E-state index is -4.42. The van der Waals surface area contributed by atoms with Crippen molar-refractivity contribution in [2.75, 3.05) is 42.7 Å². The van der Waals surface area contributed by atoms with Crippen molar-refractivity contribution in [2.24, 2.45) is 0 Å². The van der Waals surface area contributed by atoms with E-state index in [-0.39, 0.29) is 15.9 Å². The molecule has 1 aromatic heterocycles. The van der Waals surface area contributed by atoms with Gasteiger partial charge in [0.25, 0.3) is 0 Å². The molecule has 2 aromatic rings. The molecule has 28 heavy (non-hydrogen) atoms. The van der Waals surface area contributed by atoms with Crippen LogP contribution in [0.1, 0.15) is 22.0 Å². The van der Waals surface area contributed by atoms with Crippen LogP contribution in [-0.2, 0) is 6.18 Å². The van der Waals surface area contributed by atoms with Gasteiger partial charge in [0.15, 0.2) is 0 Å². The lowest BCUT2D eigenvalue weighted by Gasteiger charge is -2.19. The molecular formula is C18H29F3N6O. The SMILES string of the molecule is CNCCCN(C)c1cc(C)nc(NC(=O)Nc2ccc(C(F)(F)F)cc2)n1.[HH].[HH].[HH]. The van der Waals surface area contributed by atoms with Gasteiger partial charge in [-0.1, -0.05) is 0 Å². The third kappa shape index (κ3) is 6.38. The van der Waals surface area contributed by atoms with Gasteiger partial charge >= 0.3 is 12.2 Å². The van der Waals surface area contributed by atoms with E-state index in [0.29, 0.717) is 11.5 Å². The van der Waals surface area contributed by atoms with Gasteiger partial charge < -0.3 is 15.5 Å². The van der Waals surface area contributed by atoms with Crippen molar-refractivity contribution < 1.29 is 22.2 Å². The van der Waals surface area contributed by atoms with E-state index in [1.165, 1.54) is 12.1 Å². The fourth-order valence-electron chi connectivity index (χ4n) is 2.42. The molecule has 0 spiro atoms. The highest BCUT2D eigenvalue weighted by atomic mass is 19.4. The first-order valence-electron chi connectivity index (χ1n) is 8.65. The minimum absolute atomic E-state index is 0. The Morgan fingerprint density at radius 3 is 2.46 bits per heavy atom. The quantitative estimate of drug-likeness (QED) is 0.604. The fraction of sp³-hybridized carbons (Fsp3) is 0.389. The van der Waals surface area contributed by atoms with Crippen LogP contribution in [-0.4, -0.2) is 43.2 Å². The molecule has 0 unspecified atom stereocenters. The summed E-state index contributed by atoms with van der Waals surface area (Å²) in [6.45, 7) is 3.43. The highest BCUT2D eigenvalue weighted by Crippen LogP contribution is 2.29. The van der Waals surface area contributed by atoms with Gasteiger partial charge in [-0.2, -0.15) is 18.2 Å². The highest BCUT2D eigenvalue weighted by molar-refractivity contribution is 5.98. The van der Waals surface area contributed by atoms with Crippen molar-refractivity contribution in [1.29, 1.82) is 0 Å². The first-order chi connectivity index (χ1) is 13.2. The van der Waals surface area contributed by atoms with Gasteiger partial charge in [0.2, 0.25) is 5.95 Å². The number of carbonyl (C=O) groups is 1. The molecule has 2 rings (SSSR count). The standard InChI is InChI=1S/C18H23F3N6O.3H2/c1-12-11-15(27(3)10-4-9-22-2)25-16(23-12)26-17(28)24-14-7-5-13(6-8-14)18(19,20)21;;;/h5-8,11,22H,4,9-10H2,1-3H3,(H2,23,24,25,26,28);3*1H. The molecule has 1 aromatic carbocycles. The number of carbonyl (C=O) groups excluding carboxylic acids is 1. The molecule has 0 aliphatic rings. The zero-order chi connectivity index (χ0) is 20.7. The van der Waals surface area contributed by atoms with E-state index in [9.17, 15) is 18.0 Å². The van der Waals surface area contributed by atoms with Crippen LogP contribution in [0.15, 0.2) is 30.3 Å². The largest absolute Gasteiger partial charge is 0.416 e. The Morgan fingerprint density at radius 2 is 1.86 bits per heavy atom. The van der Waals surface area contributed by atoms with Crippen molar-refractivity contribution in [3.8, 4) is 0 Å². The zero-order valence-electron chi connectivity index (χ0n) is 15.9. The molecule has 10 heteroatoms. The Kier molecular flexibility index (Phi) is 7.16. The number of halogens is 3. The number of benzene rings is 1. The Bertz CT molecular complexity index is 809. The number of aromatic nitrogens is 2. The number of nitrogens with one attached hydrogen (secondary N) is 3. The number of anilines is 3. The lowest BCUT2D eigenvalue weighted by molar-refractivity contribution is -0.137. The second-order valence-electron chi connectivity index (χ2n) is 6.22. The maximum atomic E-state index is 12.6. The van der Waals surface area contributed by atoms with Crippen molar-refractivity contribution in [2.45, 2.75) is 19.5 Å². The van der Waals surface area contributed by atoms with Gasteiger partial charge in [-0.3, -0.25) is 5.32 Å². The molecule has 0 bridgehead atoms. The van der Waals surface area contributed by atoms with E-state index in [1.54, 1.807) is 13.0 Å². The summed E-state index contributed by atoms with van der Waals surface area (Å²) < 4.78 is 37.8. The number of hydrogen-bond donors (Lipinski definition) is 3. The molecule has 3 N–H and O–H groups in total. The summed E-state index contributed by atoms with van der Waals surface area (Å²) in [5.74, 6) is 0.772. The first-order valence-corrected chi connectivity index (χ1v) is 8.65. The summed E-state index contributed by atoms with van der Waals surface area (Å²) in [6, 6.07) is 5.32. The monoisotopic (exact) mass is 402 g/mol. The van der Waals surface area contributed by atoms with E-state index in [2.05, 4.69) is 25.9 Å². The van der Waals surface area contributed by atoms with E-state index in [4.69, 9.17) is 0 Å². The zero-order valence-corrected chi connectivity index (χ0v) is 15.9. The van der Waals surface area contributed by atoms with E-state index < -0.39 is 17.8 Å². The third-order valence-electron chi connectivity index (χ3n) is 3.85. The Hall–Kier alpha value is -2.88. The molecule has 2 amide bonds. The number of rotatable bonds is 7. The van der Waals surface area contributed by atoms with Crippen LogP contribution < -0.4 is 20.9 Å². The van der Waals surface area contributed by atoms with E-state index in [1.807, 2.05) is 19.0 Å². The van der Waals surface area contributed by atoms with Gasteiger partial charge in [0, 0.05) is 35.3 Å². The van der Waals surface area contributed by atoms with Crippen molar-refractivity contribution in [3.05, 3.63) is 41.6 Å². The summed E-state index contributed by atoms with van der Waals surface area (Å²) >= 11 is 0. The van der Waals surface area contributed by atoms with Gasteiger partial charge in [-0.05, 0) is 51.2 Å². The molecular weight excluding hydrogens is 373 g/mol. The van der Waals surface area contributed by atoms with Gasteiger partial charge in [-0.25, -0.2) is 9.78 Å². The highest BCUT2D eigenvalue weighted by Gasteiger charge is 2.30. The predicted molar refractivity (Wildman–Crippen MR) is 109 cm³/mol. The molecule has 158 valence electrons. The summed E-state index contributed by atoms with van der Waals surface area (Å²) in [4.78, 5) is 22.6. The topological polar surface area (TPSA) is 82.2 Å². The Labute approximate surface area is 165 Å². The molecule has 7 nitrogen and oxygen atoms in total. The third-order valence-corrected chi connectivity index (χ3v) is 3.85. The smallest absolute Gasteiger partial charge is 0.359 e. The molecule has 1 heterocycles. The fourth-order valence-corrected chi connectivity index (χ4v) is 2.42. The predicted octanol–water partition coefficient (Wildman–Crippen LogP) is 4.23. The molecule has 0 atom stereocenters. The van der Waals surface area contributed by atoms with Crippen molar-refractivity contribution in [1.82, 2.24) is 15.3 Å². The van der Waals surface area contributed by atoms with Crippen molar-refractivity contribution in [3.63, 3.8) is 0 Å². The average molecular weight is 402 g/mol. The number of nitrogens with zero attached hydrogens (tertiary/aromatic N) is 3. The van der Waals surface area contributed by atoms with E-state index >= 15 is 0 Å². The van der Waals surface area contributed by atoms with Crippen LogP contribution in [0.2, 0.25) is 0 Å². The normalized spacial score (nSPS) is 11.2. The number of aryl methyl sites for hydroxylation is 1. The van der Waals surface area contributed by atoms with Crippen LogP contribution >= 0.6 is 0 Å². The lowest BCUT2D eigenvalue weighted by atomic mass is 10.2. The lowest BCUT2D eigenvalue weighted by Crippen LogP contribution is -2.25. The van der Waals surface area contributed by atoms with E-state index in [0.717, 1.165) is 31.6 Å². The number of alkyl halides is 3. The first kappa shape index (κ1) is 21.4. The summed E-state index contributed by atoms with van der Waals surface area (Å²) in [5.41, 5.74) is 0.115. The molecule has 0 saturated heterocycles. The molecule has 0 radical (unpaired) electrons. The minimum Gasteiger partial charge on any atom is -0.359 e. The summed E-state index contributed by atoms with van der Waals surface area (Å²) in [5, 5.41) is 8.04. The number of amides is 2.